The van der Waals surface area contributed by atoms with Crippen LogP contribution >= 0.6 is 0 Å². The van der Waals surface area contributed by atoms with Gasteiger partial charge in [0.1, 0.15) is 0 Å². The molecule has 0 bridgehead atoms. The number of fused-ring (bicyclic) bond motifs is 1. The van der Waals surface area contributed by atoms with Crippen LogP contribution in [-0.4, -0.2) is 30.0 Å². The third kappa shape index (κ3) is 2.51. The molecule has 118 valence electrons. The van der Waals surface area contributed by atoms with Crippen molar-refractivity contribution < 1.29 is 4.21 Å². The minimum atomic E-state index is -1.07. The van der Waals surface area contributed by atoms with Crippen molar-refractivity contribution in [3.8, 4) is 17.1 Å². The van der Waals surface area contributed by atoms with Crippen LogP contribution in [-0.2, 0) is 10.8 Å². The number of pyridine rings is 1. The molecule has 0 fully saturated rings. The zero-order valence-electron chi connectivity index (χ0n) is 13.0. The molecule has 3 aromatic heterocycles. The zero-order valence-corrected chi connectivity index (χ0v) is 13.8. The van der Waals surface area contributed by atoms with Gasteiger partial charge in [-0.15, -0.1) is 0 Å². The molecule has 1 aromatic carbocycles. The van der Waals surface area contributed by atoms with Crippen LogP contribution in [0.15, 0.2) is 72.3 Å². The van der Waals surface area contributed by atoms with Crippen molar-refractivity contribution in [1.82, 2.24) is 19.5 Å². The van der Waals surface area contributed by atoms with E-state index in [0.29, 0.717) is 5.95 Å². The van der Waals surface area contributed by atoms with Crippen molar-refractivity contribution in [3.05, 3.63) is 67.4 Å². The SMILES string of the molecule is CS(=O)c1cn(-c2ncc(-c3ccncc3)cn2)c2ccccc12. The Morgan fingerprint density at radius 3 is 2.38 bits per heavy atom. The van der Waals surface area contributed by atoms with E-state index in [9.17, 15) is 4.21 Å². The summed E-state index contributed by atoms with van der Waals surface area (Å²) in [4.78, 5) is 13.8. The molecule has 0 radical (unpaired) electrons. The fourth-order valence-electron chi connectivity index (χ4n) is 2.68. The number of rotatable bonds is 3. The van der Waals surface area contributed by atoms with Gasteiger partial charge in [0, 0.05) is 48.2 Å². The quantitative estimate of drug-likeness (QED) is 0.577. The largest absolute Gasteiger partial charge is 0.284 e. The van der Waals surface area contributed by atoms with Gasteiger partial charge in [-0.3, -0.25) is 13.8 Å². The van der Waals surface area contributed by atoms with Gasteiger partial charge in [-0.1, -0.05) is 18.2 Å². The lowest BCUT2D eigenvalue weighted by Crippen LogP contribution is -1.99. The third-order valence-corrected chi connectivity index (χ3v) is 4.80. The number of hydrogen-bond donors (Lipinski definition) is 0. The van der Waals surface area contributed by atoms with E-state index in [2.05, 4.69) is 15.0 Å². The summed E-state index contributed by atoms with van der Waals surface area (Å²) in [5, 5.41) is 0.958. The smallest absolute Gasteiger partial charge is 0.234 e. The summed E-state index contributed by atoms with van der Waals surface area (Å²) >= 11 is 0. The van der Waals surface area contributed by atoms with E-state index >= 15 is 0 Å². The number of aromatic nitrogens is 4. The average Bonchev–Trinajstić information content (AvgIpc) is 3.03. The molecule has 0 N–H and O–H groups in total. The maximum absolute atomic E-state index is 12.0. The molecule has 0 aliphatic rings. The lowest BCUT2D eigenvalue weighted by molar-refractivity contribution is 0.687. The van der Waals surface area contributed by atoms with Crippen LogP contribution in [0.4, 0.5) is 0 Å². The van der Waals surface area contributed by atoms with E-state index in [1.807, 2.05) is 47.2 Å². The maximum atomic E-state index is 12.0. The van der Waals surface area contributed by atoms with Crippen LogP contribution in [0.3, 0.4) is 0 Å². The van der Waals surface area contributed by atoms with Crippen LogP contribution in [0.5, 0.6) is 0 Å². The van der Waals surface area contributed by atoms with Gasteiger partial charge in [0.2, 0.25) is 5.95 Å². The first-order valence-corrected chi connectivity index (χ1v) is 8.96. The second-order valence-electron chi connectivity index (χ2n) is 5.34. The molecule has 5 nitrogen and oxygen atoms in total. The summed E-state index contributed by atoms with van der Waals surface area (Å²) in [5.74, 6) is 0.556. The highest BCUT2D eigenvalue weighted by atomic mass is 32.2. The Balaban J connectivity index is 1.82. The van der Waals surface area contributed by atoms with Gasteiger partial charge in [-0.2, -0.15) is 0 Å². The number of hydrogen-bond acceptors (Lipinski definition) is 4. The topological polar surface area (TPSA) is 60.7 Å². The molecule has 0 aliphatic heterocycles. The molecule has 0 saturated carbocycles. The average molecular weight is 334 g/mol. The van der Waals surface area contributed by atoms with Gasteiger partial charge in [0.25, 0.3) is 0 Å². The molecule has 6 heteroatoms. The van der Waals surface area contributed by atoms with E-state index in [0.717, 1.165) is 26.9 Å². The predicted molar refractivity (Wildman–Crippen MR) is 94.4 cm³/mol. The minimum absolute atomic E-state index is 0.556. The molecule has 0 amide bonds. The van der Waals surface area contributed by atoms with Crippen LogP contribution in [0.2, 0.25) is 0 Å². The van der Waals surface area contributed by atoms with Crippen molar-refractivity contribution >= 4 is 21.7 Å². The number of nitrogens with zero attached hydrogens (tertiary/aromatic N) is 4. The minimum Gasteiger partial charge on any atom is -0.284 e. The fourth-order valence-corrected chi connectivity index (χ4v) is 3.42. The maximum Gasteiger partial charge on any atom is 0.234 e. The molecule has 0 aliphatic carbocycles. The lowest BCUT2D eigenvalue weighted by Gasteiger charge is -2.05. The van der Waals surface area contributed by atoms with Gasteiger partial charge < -0.3 is 0 Å². The Labute approximate surface area is 141 Å². The molecular weight excluding hydrogens is 320 g/mol. The molecule has 0 saturated heterocycles. The summed E-state index contributed by atoms with van der Waals surface area (Å²) in [7, 11) is -1.07. The lowest BCUT2D eigenvalue weighted by atomic mass is 10.1. The molecule has 3 heterocycles. The second-order valence-corrected chi connectivity index (χ2v) is 6.69. The molecular formula is C18H14N4OS. The van der Waals surface area contributed by atoms with E-state index in [4.69, 9.17) is 0 Å². The van der Waals surface area contributed by atoms with Gasteiger partial charge >= 0.3 is 0 Å². The molecule has 1 unspecified atom stereocenters. The monoisotopic (exact) mass is 334 g/mol. The molecule has 1 atom stereocenters. The number of benzene rings is 1. The van der Waals surface area contributed by atoms with Crippen LogP contribution in [0, 0.1) is 0 Å². The van der Waals surface area contributed by atoms with Crippen molar-refractivity contribution in [1.29, 1.82) is 0 Å². The molecule has 4 rings (SSSR count). The molecule has 4 aromatic rings. The van der Waals surface area contributed by atoms with Crippen molar-refractivity contribution in [2.75, 3.05) is 6.26 Å². The standard InChI is InChI=1S/C18H14N4OS/c1-24(23)17-12-22(16-5-3-2-4-15(16)17)18-20-10-14(11-21-18)13-6-8-19-9-7-13/h2-12H,1H3. The Kier molecular flexibility index (Phi) is 3.66. The number of para-hydroxylation sites is 1. The summed E-state index contributed by atoms with van der Waals surface area (Å²) in [6, 6.07) is 11.7. The highest BCUT2D eigenvalue weighted by Crippen LogP contribution is 2.26. The van der Waals surface area contributed by atoms with Crippen LogP contribution in [0.1, 0.15) is 0 Å². The first kappa shape index (κ1) is 14.7. The van der Waals surface area contributed by atoms with E-state index in [1.165, 1.54) is 0 Å². The first-order chi connectivity index (χ1) is 11.7. The fraction of sp³-hybridized carbons (Fsp3) is 0.0556. The van der Waals surface area contributed by atoms with Crippen LogP contribution in [0.25, 0.3) is 28.0 Å². The summed E-state index contributed by atoms with van der Waals surface area (Å²) in [5.41, 5.74) is 2.89. The zero-order chi connectivity index (χ0) is 16.5. The Hall–Kier alpha value is -2.86. The Bertz CT molecular complexity index is 1030. The van der Waals surface area contributed by atoms with Gasteiger partial charge in [-0.05, 0) is 23.8 Å². The van der Waals surface area contributed by atoms with Gasteiger partial charge in [0.15, 0.2) is 0 Å². The molecule has 24 heavy (non-hydrogen) atoms. The summed E-state index contributed by atoms with van der Waals surface area (Å²) in [6.07, 6.45) is 10.6. The summed E-state index contributed by atoms with van der Waals surface area (Å²) < 4.78 is 13.9. The first-order valence-electron chi connectivity index (χ1n) is 7.40. The van der Waals surface area contributed by atoms with Crippen LogP contribution < -0.4 is 0 Å². The van der Waals surface area contributed by atoms with E-state index in [-0.39, 0.29) is 0 Å². The van der Waals surface area contributed by atoms with Crippen molar-refractivity contribution in [2.24, 2.45) is 0 Å². The van der Waals surface area contributed by atoms with Gasteiger partial charge in [-0.25, -0.2) is 9.97 Å². The van der Waals surface area contributed by atoms with E-state index in [1.54, 1.807) is 31.0 Å². The Morgan fingerprint density at radius 1 is 0.958 bits per heavy atom. The third-order valence-electron chi connectivity index (χ3n) is 3.85. The normalized spacial score (nSPS) is 12.4. The van der Waals surface area contributed by atoms with Gasteiger partial charge in [0.05, 0.1) is 21.2 Å². The highest BCUT2D eigenvalue weighted by molar-refractivity contribution is 7.84. The Morgan fingerprint density at radius 2 is 1.67 bits per heavy atom. The molecule has 0 spiro atoms. The second kappa shape index (κ2) is 5.98. The van der Waals surface area contributed by atoms with Crippen molar-refractivity contribution in [2.45, 2.75) is 4.90 Å². The van der Waals surface area contributed by atoms with Crippen molar-refractivity contribution in [3.63, 3.8) is 0 Å². The predicted octanol–water partition coefficient (Wildman–Crippen LogP) is 3.22. The highest BCUT2D eigenvalue weighted by Gasteiger charge is 2.13. The summed E-state index contributed by atoms with van der Waals surface area (Å²) in [6.45, 7) is 0. The van der Waals surface area contributed by atoms with E-state index < -0.39 is 10.8 Å².